The van der Waals surface area contributed by atoms with E-state index in [0.717, 1.165) is 22.5 Å². The molecule has 1 heterocycles. The van der Waals surface area contributed by atoms with Crippen molar-refractivity contribution in [3.8, 4) is 0 Å². The number of hydrogen-bond acceptors (Lipinski definition) is 4. The number of amides is 3. The molecule has 114 valence electrons. The summed E-state index contributed by atoms with van der Waals surface area (Å²) in [6.45, 7) is 0.347. The summed E-state index contributed by atoms with van der Waals surface area (Å²) >= 11 is 1.06. The summed E-state index contributed by atoms with van der Waals surface area (Å²) in [5.74, 6) is -1.20. The molecule has 0 aliphatic rings. The lowest BCUT2D eigenvalue weighted by Gasteiger charge is -2.05. The first-order chi connectivity index (χ1) is 10.5. The number of hydrogen-bond donors (Lipinski definition) is 3. The molecule has 0 aliphatic carbocycles. The van der Waals surface area contributed by atoms with E-state index in [0.29, 0.717) is 16.3 Å². The zero-order valence-electron chi connectivity index (χ0n) is 11.7. The van der Waals surface area contributed by atoms with E-state index < -0.39 is 5.91 Å². The van der Waals surface area contributed by atoms with Crippen LogP contribution in [0.1, 0.15) is 30.5 Å². The Morgan fingerprint density at radius 2 is 1.50 bits per heavy atom. The lowest BCUT2D eigenvalue weighted by Crippen LogP contribution is -2.21. The van der Waals surface area contributed by atoms with Gasteiger partial charge in [-0.15, -0.1) is 11.3 Å². The lowest BCUT2D eigenvalue weighted by atomic mass is 10.1. The van der Waals surface area contributed by atoms with Crippen LogP contribution < -0.4 is 16.8 Å². The summed E-state index contributed by atoms with van der Waals surface area (Å²) in [6.07, 6.45) is 0.192. The largest absolute Gasteiger partial charge is 0.369 e. The molecule has 0 saturated heterocycles. The summed E-state index contributed by atoms with van der Waals surface area (Å²) in [4.78, 5) is 34.5. The van der Waals surface area contributed by atoms with E-state index in [1.165, 1.54) is 6.07 Å². The van der Waals surface area contributed by atoms with Gasteiger partial charge in [0.05, 0.1) is 16.2 Å². The minimum absolute atomic E-state index is 0.192. The van der Waals surface area contributed by atoms with Crippen LogP contribution in [0.15, 0.2) is 36.4 Å². The van der Waals surface area contributed by atoms with Crippen molar-refractivity contribution in [3.05, 3.63) is 57.3 Å². The molecule has 0 aliphatic heterocycles. The first-order valence-electron chi connectivity index (χ1n) is 6.49. The van der Waals surface area contributed by atoms with Gasteiger partial charge in [0.15, 0.2) is 0 Å². The van der Waals surface area contributed by atoms with Gasteiger partial charge in [0.25, 0.3) is 11.8 Å². The normalized spacial score (nSPS) is 10.2. The maximum Gasteiger partial charge on any atom is 0.261 e. The molecule has 6 nitrogen and oxygen atoms in total. The highest BCUT2D eigenvalue weighted by atomic mass is 32.1. The van der Waals surface area contributed by atoms with E-state index in [1.807, 2.05) is 12.1 Å². The van der Waals surface area contributed by atoms with Crippen molar-refractivity contribution in [1.29, 1.82) is 0 Å². The first kappa shape index (κ1) is 15.7. The quantitative estimate of drug-likeness (QED) is 0.732. The second kappa shape index (κ2) is 6.86. The molecule has 0 spiro atoms. The minimum Gasteiger partial charge on any atom is -0.369 e. The third-order valence-corrected chi connectivity index (χ3v) is 4.03. The molecule has 0 bridgehead atoms. The molecule has 1 aromatic heterocycles. The van der Waals surface area contributed by atoms with Crippen LogP contribution in [0.5, 0.6) is 0 Å². The van der Waals surface area contributed by atoms with E-state index in [-0.39, 0.29) is 18.2 Å². The SMILES string of the molecule is NC(=O)Cc1ccc(CNC(=O)c2ccc(C(N)=O)s2)cc1. The van der Waals surface area contributed by atoms with Crippen LogP contribution in [0, 0.1) is 0 Å². The zero-order valence-corrected chi connectivity index (χ0v) is 12.5. The van der Waals surface area contributed by atoms with Gasteiger partial charge >= 0.3 is 0 Å². The number of carbonyl (C=O) groups excluding carboxylic acids is 3. The van der Waals surface area contributed by atoms with Crippen LogP contribution in [0.2, 0.25) is 0 Å². The second-order valence-corrected chi connectivity index (χ2v) is 5.75. The van der Waals surface area contributed by atoms with Crippen LogP contribution in [0.25, 0.3) is 0 Å². The van der Waals surface area contributed by atoms with Gasteiger partial charge in [0, 0.05) is 6.54 Å². The van der Waals surface area contributed by atoms with Gasteiger partial charge in [-0.2, -0.15) is 0 Å². The van der Waals surface area contributed by atoms with E-state index in [1.54, 1.807) is 18.2 Å². The molecule has 0 radical (unpaired) electrons. The lowest BCUT2D eigenvalue weighted by molar-refractivity contribution is -0.117. The molecule has 2 aromatic rings. The fourth-order valence-corrected chi connectivity index (χ4v) is 2.61. The van der Waals surface area contributed by atoms with Crippen molar-refractivity contribution < 1.29 is 14.4 Å². The summed E-state index contributed by atoms with van der Waals surface area (Å²) < 4.78 is 0. The molecule has 3 amide bonds. The summed E-state index contributed by atoms with van der Waals surface area (Å²) in [5.41, 5.74) is 12.0. The Kier molecular flexibility index (Phi) is 4.90. The molecule has 5 N–H and O–H groups in total. The van der Waals surface area contributed by atoms with Crippen molar-refractivity contribution in [2.24, 2.45) is 11.5 Å². The highest BCUT2D eigenvalue weighted by Crippen LogP contribution is 2.16. The van der Waals surface area contributed by atoms with E-state index >= 15 is 0 Å². The van der Waals surface area contributed by atoms with E-state index in [9.17, 15) is 14.4 Å². The van der Waals surface area contributed by atoms with Crippen molar-refractivity contribution in [2.75, 3.05) is 0 Å². The van der Waals surface area contributed by atoms with Crippen molar-refractivity contribution in [2.45, 2.75) is 13.0 Å². The average molecular weight is 317 g/mol. The Morgan fingerprint density at radius 1 is 0.909 bits per heavy atom. The van der Waals surface area contributed by atoms with Gasteiger partial charge in [-0.25, -0.2) is 0 Å². The predicted octanol–water partition coefficient (Wildman–Crippen LogP) is 0.805. The number of thiophene rings is 1. The molecular weight excluding hydrogens is 302 g/mol. The Bertz CT molecular complexity index is 707. The predicted molar refractivity (Wildman–Crippen MR) is 83.3 cm³/mol. The number of rotatable bonds is 6. The fourth-order valence-electron chi connectivity index (χ4n) is 1.84. The highest BCUT2D eigenvalue weighted by Gasteiger charge is 2.11. The van der Waals surface area contributed by atoms with E-state index in [4.69, 9.17) is 11.5 Å². The van der Waals surface area contributed by atoms with Gasteiger partial charge in [-0.05, 0) is 23.3 Å². The third kappa shape index (κ3) is 4.16. The Hall–Kier alpha value is -2.67. The average Bonchev–Trinajstić information content (AvgIpc) is 2.96. The van der Waals surface area contributed by atoms with Gasteiger partial charge in [-0.1, -0.05) is 24.3 Å². The zero-order chi connectivity index (χ0) is 16.1. The maximum absolute atomic E-state index is 12.0. The monoisotopic (exact) mass is 317 g/mol. The standard InChI is InChI=1S/C15H15N3O3S/c16-13(19)7-9-1-3-10(4-2-9)8-18-15(21)12-6-5-11(22-12)14(17)20/h1-6H,7-8H2,(H2,16,19)(H2,17,20)(H,18,21). The van der Waals surface area contributed by atoms with Crippen molar-refractivity contribution in [1.82, 2.24) is 5.32 Å². The first-order valence-corrected chi connectivity index (χ1v) is 7.31. The Balaban J connectivity index is 1.92. The molecule has 0 atom stereocenters. The molecule has 0 unspecified atom stereocenters. The van der Waals surface area contributed by atoms with Gasteiger partial charge in [0.1, 0.15) is 0 Å². The number of nitrogens with two attached hydrogens (primary N) is 2. The van der Waals surface area contributed by atoms with Crippen LogP contribution >= 0.6 is 11.3 Å². The number of benzene rings is 1. The van der Waals surface area contributed by atoms with E-state index in [2.05, 4.69) is 5.32 Å². The minimum atomic E-state index is -0.547. The van der Waals surface area contributed by atoms with Crippen LogP contribution in [-0.4, -0.2) is 17.7 Å². The van der Waals surface area contributed by atoms with Crippen molar-refractivity contribution >= 4 is 29.1 Å². The smallest absolute Gasteiger partial charge is 0.261 e. The number of carbonyl (C=O) groups is 3. The van der Waals surface area contributed by atoms with Crippen molar-refractivity contribution in [3.63, 3.8) is 0 Å². The van der Waals surface area contributed by atoms with Crippen LogP contribution in [0.3, 0.4) is 0 Å². The molecule has 0 fully saturated rings. The fraction of sp³-hybridized carbons (Fsp3) is 0.133. The maximum atomic E-state index is 12.0. The number of primary amides is 2. The molecule has 0 saturated carbocycles. The topological polar surface area (TPSA) is 115 Å². The van der Waals surface area contributed by atoms with Gasteiger partial charge < -0.3 is 16.8 Å². The van der Waals surface area contributed by atoms with Gasteiger partial charge in [0.2, 0.25) is 5.91 Å². The second-order valence-electron chi connectivity index (χ2n) is 4.67. The molecule has 1 aromatic carbocycles. The third-order valence-electron chi connectivity index (χ3n) is 2.93. The molecule has 7 heteroatoms. The number of nitrogens with one attached hydrogen (secondary N) is 1. The molecule has 22 heavy (non-hydrogen) atoms. The molecule has 2 rings (SSSR count). The van der Waals surface area contributed by atoms with Crippen LogP contribution in [-0.2, 0) is 17.8 Å². The summed E-state index contributed by atoms with van der Waals surface area (Å²) in [5, 5.41) is 2.76. The molecular formula is C15H15N3O3S. The van der Waals surface area contributed by atoms with Gasteiger partial charge in [-0.3, -0.25) is 14.4 Å². The summed E-state index contributed by atoms with van der Waals surface area (Å²) in [7, 11) is 0. The summed E-state index contributed by atoms with van der Waals surface area (Å²) in [6, 6.07) is 10.3. The van der Waals surface area contributed by atoms with Crippen LogP contribution in [0.4, 0.5) is 0 Å². The highest BCUT2D eigenvalue weighted by molar-refractivity contribution is 7.15. The Morgan fingerprint density at radius 3 is 2.05 bits per heavy atom. The Labute approximate surface area is 131 Å².